The molecule has 1 amide bonds. The lowest BCUT2D eigenvalue weighted by Gasteiger charge is -2.21. The average molecular weight is 344 g/mol. The molecule has 1 aliphatic heterocycles. The number of aromatic nitrogens is 3. The number of amides is 1. The van der Waals surface area contributed by atoms with Gasteiger partial charge in [0, 0.05) is 19.3 Å². The fourth-order valence-electron chi connectivity index (χ4n) is 2.69. The summed E-state index contributed by atoms with van der Waals surface area (Å²) in [6.45, 7) is 3.84. The third-order valence-corrected chi connectivity index (χ3v) is 4.17. The van der Waals surface area contributed by atoms with E-state index in [0.29, 0.717) is 30.5 Å². The molecule has 1 aliphatic rings. The van der Waals surface area contributed by atoms with Gasteiger partial charge in [-0.15, -0.1) is 0 Å². The first-order chi connectivity index (χ1) is 12.0. The Hall–Kier alpha value is -2.61. The SMILES string of the molecule is CC1C(=O)N(CCN(C)C)CN1c1ccnc(-c2ccc(F)cn2)n1. The Morgan fingerprint density at radius 1 is 1.28 bits per heavy atom. The van der Waals surface area contributed by atoms with Crippen molar-refractivity contribution in [3.63, 3.8) is 0 Å². The van der Waals surface area contributed by atoms with Crippen molar-refractivity contribution < 1.29 is 9.18 Å². The van der Waals surface area contributed by atoms with E-state index in [0.717, 1.165) is 12.7 Å². The number of halogens is 1. The molecule has 1 saturated heterocycles. The predicted molar refractivity (Wildman–Crippen MR) is 92.3 cm³/mol. The molecule has 0 spiro atoms. The molecule has 0 saturated carbocycles. The largest absolute Gasteiger partial charge is 0.327 e. The molecular formula is C17H21FN6O. The van der Waals surface area contributed by atoms with E-state index >= 15 is 0 Å². The topological polar surface area (TPSA) is 65.5 Å². The summed E-state index contributed by atoms with van der Waals surface area (Å²) in [5.41, 5.74) is 0.492. The van der Waals surface area contributed by atoms with Crippen molar-refractivity contribution in [3.05, 3.63) is 36.4 Å². The van der Waals surface area contributed by atoms with Gasteiger partial charge >= 0.3 is 0 Å². The third kappa shape index (κ3) is 3.74. The maximum absolute atomic E-state index is 13.0. The van der Waals surface area contributed by atoms with Crippen LogP contribution in [-0.2, 0) is 4.79 Å². The summed E-state index contributed by atoms with van der Waals surface area (Å²) in [7, 11) is 3.96. The highest BCUT2D eigenvalue weighted by atomic mass is 19.1. The Morgan fingerprint density at radius 3 is 2.76 bits per heavy atom. The molecule has 0 N–H and O–H groups in total. The van der Waals surface area contributed by atoms with Crippen molar-refractivity contribution in [1.29, 1.82) is 0 Å². The van der Waals surface area contributed by atoms with Crippen molar-refractivity contribution in [2.24, 2.45) is 0 Å². The molecule has 7 nitrogen and oxygen atoms in total. The molecule has 2 aromatic rings. The fraction of sp³-hybridized carbons (Fsp3) is 0.412. The number of rotatable bonds is 5. The Bertz CT molecular complexity index is 751. The molecule has 3 rings (SSSR count). The maximum atomic E-state index is 13.0. The first-order valence-electron chi connectivity index (χ1n) is 8.11. The molecule has 8 heteroatoms. The zero-order valence-electron chi connectivity index (χ0n) is 14.6. The molecule has 25 heavy (non-hydrogen) atoms. The highest BCUT2D eigenvalue weighted by molar-refractivity contribution is 5.87. The van der Waals surface area contributed by atoms with E-state index in [1.165, 1.54) is 12.1 Å². The number of nitrogens with zero attached hydrogens (tertiary/aromatic N) is 6. The van der Waals surface area contributed by atoms with Crippen LogP contribution in [0.5, 0.6) is 0 Å². The Balaban J connectivity index is 1.81. The molecule has 132 valence electrons. The van der Waals surface area contributed by atoms with Gasteiger partial charge in [0.2, 0.25) is 5.91 Å². The van der Waals surface area contributed by atoms with Gasteiger partial charge in [-0.05, 0) is 39.2 Å². The van der Waals surface area contributed by atoms with Gasteiger partial charge in [0.1, 0.15) is 23.4 Å². The van der Waals surface area contributed by atoms with Gasteiger partial charge in [-0.25, -0.2) is 19.3 Å². The van der Waals surface area contributed by atoms with Crippen LogP contribution in [0.25, 0.3) is 11.5 Å². The van der Waals surface area contributed by atoms with Gasteiger partial charge in [-0.3, -0.25) is 4.79 Å². The summed E-state index contributed by atoms with van der Waals surface area (Å²) in [6.07, 6.45) is 2.76. The van der Waals surface area contributed by atoms with Gasteiger partial charge in [0.25, 0.3) is 0 Å². The van der Waals surface area contributed by atoms with Crippen LogP contribution in [0, 0.1) is 5.82 Å². The molecule has 0 aliphatic carbocycles. The van der Waals surface area contributed by atoms with Crippen LogP contribution in [0.4, 0.5) is 10.2 Å². The predicted octanol–water partition coefficient (Wildman–Crippen LogP) is 1.23. The number of carbonyl (C=O) groups excluding carboxylic acids is 1. The number of pyridine rings is 1. The van der Waals surface area contributed by atoms with Crippen LogP contribution >= 0.6 is 0 Å². The number of hydrogen-bond acceptors (Lipinski definition) is 6. The quantitative estimate of drug-likeness (QED) is 0.813. The van der Waals surface area contributed by atoms with Crippen LogP contribution < -0.4 is 4.90 Å². The molecule has 1 atom stereocenters. The number of carbonyl (C=O) groups is 1. The molecule has 0 aromatic carbocycles. The van der Waals surface area contributed by atoms with E-state index in [2.05, 4.69) is 15.0 Å². The normalized spacial score (nSPS) is 17.6. The summed E-state index contributed by atoms with van der Waals surface area (Å²) < 4.78 is 13.0. The second-order valence-corrected chi connectivity index (χ2v) is 6.29. The first kappa shape index (κ1) is 17.2. The minimum Gasteiger partial charge on any atom is -0.327 e. The van der Waals surface area contributed by atoms with Gasteiger partial charge in [-0.2, -0.15) is 0 Å². The second-order valence-electron chi connectivity index (χ2n) is 6.29. The van der Waals surface area contributed by atoms with Crippen LogP contribution in [-0.4, -0.2) is 70.6 Å². The first-order valence-corrected chi connectivity index (χ1v) is 8.11. The van der Waals surface area contributed by atoms with Crippen molar-refractivity contribution in [2.45, 2.75) is 13.0 Å². The van der Waals surface area contributed by atoms with Crippen molar-refractivity contribution in [2.75, 3.05) is 38.8 Å². The highest BCUT2D eigenvalue weighted by Gasteiger charge is 2.35. The summed E-state index contributed by atoms with van der Waals surface area (Å²) in [4.78, 5) is 31.0. The maximum Gasteiger partial charge on any atom is 0.246 e. The Labute approximate surface area is 146 Å². The lowest BCUT2D eigenvalue weighted by Crippen LogP contribution is -2.34. The van der Waals surface area contributed by atoms with Crippen LogP contribution in [0.3, 0.4) is 0 Å². The monoisotopic (exact) mass is 344 g/mol. The standard InChI is InChI=1S/C17H21FN6O/c1-12-17(25)23(9-8-22(2)3)11-24(12)15-6-7-19-16(21-15)14-5-4-13(18)10-20-14/h4-7,10,12H,8-9,11H2,1-3H3. The molecule has 2 aromatic heterocycles. The van der Waals surface area contributed by atoms with E-state index in [4.69, 9.17) is 0 Å². The van der Waals surface area contributed by atoms with Gasteiger partial charge in [-0.1, -0.05) is 0 Å². The Kier molecular flexibility index (Phi) is 4.89. The van der Waals surface area contributed by atoms with E-state index in [1.807, 2.05) is 35.7 Å². The third-order valence-electron chi connectivity index (χ3n) is 4.17. The smallest absolute Gasteiger partial charge is 0.246 e. The summed E-state index contributed by atoms with van der Waals surface area (Å²) in [6, 6.07) is 4.34. The molecule has 1 fully saturated rings. The number of anilines is 1. The van der Waals surface area contributed by atoms with Gasteiger partial charge < -0.3 is 14.7 Å². The summed E-state index contributed by atoms with van der Waals surface area (Å²) in [5, 5.41) is 0. The number of hydrogen-bond donors (Lipinski definition) is 0. The molecular weight excluding hydrogens is 323 g/mol. The van der Waals surface area contributed by atoms with E-state index < -0.39 is 5.82 Å². The minimum atomic E-state index is -0.407. The average Bonchev–Trinajstić information content (AvgIpc) is 2.89. The van der Waals surface area contributed by atoms with Crippen LogP contribution in [0.15, 0.2) is 30.6 Å². The molecule has 3 heterocycles. The summed E-state index contributed by atoms with van der Waals surface area (Å²) in [5.74, 6) is 0.741. The van der Waals surface area contributed by atoms with E-state index in [9.17, 15) is 9.18 Å². The van der Waals surface area contributed by atoms with E-state index in [1.54, 1.807) is 12.3 Å². The van der Waals surface area contributed by atoms with Crippen molar-refractivity contribution >= 4 is 11.7 Å². The minimum absolute atomic E-state index is 0.0851. The van der Waals surface area contributed by atoms with Gasteiger partial charge in [0.05, 0.1) is 12.9 Å². The van der Waals surface area contributed by atoms with Crippen molar-refractivity contribution in [1.82, 2.24) is 24.8 Å². The molecule has 0 radical (unpaired) electrons. The highest BCUT2D eigenvalue weighted by Crippen LogP contribution is 2.23. The zero-order chi connectivity index (χ0) is 18.0. The Morgan fingerprint density at radius 2 is 2.08 bits per heavy atom. The van der Waals surface area contributed by atoms with E-state index in [-0.39, 0.29) is 11.9 Å². The van der Waals surface area contributed by atoms with Crippen molar-refractivity contribution in [3.8, 4) is 11.5 Å². The second kappa shape index (κ2) is 7.10. The zero-order valence-corrected chi connectivity index (χ0v) is 14.6. The fourth-order valence-corrected chi connectivity index (χ4v) is 2.69. The number of likely N-dealkylation sites (N-methyl/N-ethyl adjacent to an activating group) is 1. The summed E-state index contributed by atoms with van der Waals surface area (Å²) >= 11 is 0. The molecule has 1 unspecified atom stereocenters. The lowest BCUT2D eigenvalue weighted by atomic mass is 10.3. The molecule has 0 bridgehead atoms. The lowest BCUT2D eigenvalue weighted by molar-refractivity contribution is -0.128. The van der Waals surface area contributed by atoms with Crippen LogP contribution in [0.1, 0.15) is 6.92 Å². The van der Waals surface area contributed by atoms with Crippen LogP contribution in [0.2, 0.25) is 0 Å². The van der Waals surface area contributed by atoms with Gasteiger partial charge in [0.15, 0.2) is 5.82 Å².